The molecular weight excluding hydrogens is 366 g/mol. The molecule has 0 radical (unpaired) electrons. The second kappa shape index (κ2) is 6.94. The van der Waals surface area contributed by atoms with E-state index < -0.39 is 0 Å². The zero-order chi connectivity index (χ0) is 17.1. The van der Waals surface area contributed by atoms with E-state index in [0.717, 1.165) is 32.3 Å². The lowest BCUT2D eigenvalue weighted by molar-refractivity contribution is 0.360. The Morgan fingerprint density at radius 3 is 2.54 bits per heavy atom. The van der Waals surface area contributed by atoms with Crippen molar-refractivity contribution in [3.05, 3.63) is 52.5 Å². The Bertz CT molecular complexity index is 927. The van der Waals surface area contributed by atoms with Crippen LogP contribution in [-0.4, -0.2) is 18.7 Å². The maximum Gasteiger partial charge on any atom is 0.223 e. The van der Waals surface area contributed by atoms with Crippen LogP contribution in [0, 0.1) is 19.3 Å². The van der Waals surface area contributed by atoms with Crippen LogP contribution >= 0.6 is 15.9 Å². The summed E-state index contributed by atoms with van der Waals surface area (Å²) in [6.07, 6.45) is 5.34. The number of pyridine rings is 1. The molecule has 4 heteroatoms. The first kappa shape index (κ1) is 16.4. The van der Waals surface area contributed by atoms with Gasteiger partial charge in [0.15, 0.2) is 6.61 Å². The first-order valence-electron chi connectivity index (χ1n) is 7.44. The molecule has 120 valence electrons. The number of halogens is 1. The number of methoxy groups -OCH3 is 1. The van der Waals surface area contributed by atoms with Crippen LogP contribution in [0.2, 0.25) is 0 Å². The summed E-state index contributed by atoms with van der Waals surface area (Å²) < 4.78 is 11.9. The second-order valence-electron chi connectivity index (χ2n) is 5.35. The largest absolute Gasteiger partial charge is 0.497 e. The monoisotopic (exact) mass is 381 g/mol. The van der Waals surface area contributed by atoms with Crippen LogP contribution in [0.25, 0.3) is 22.0 Å². The van der Waals surface area contributed by atoms with Crippen LogP contribution in [0.15, 0.2) is 46.9 Å². The molecule has 0 amide bonds. The van der Waals surface area contributed by atoms with E-state index in [4.69, 9.17) is 20.9 Å². The number of rotatable bonds is 4. The minimum atomic E-state index is 0.161. The van der Waals surface area contributed by atoms with E-state index in [9.17, 15) is 0 Å². The molecule has 0 fully saturated rings. The highest BCUT2D eigenvalue weighted by atomic mass is 79.9. The van der Waals surface area contributed by atoms with Gasteiger partial charge in [0.05, 0.1) is 17.3 Å². The molecule has 2 aromatic carbocycles. The van der Waals surface area contributed by atoms with Crippen molar-refractivity contribution in [1.82, 2.24) is 4.98 Å². The molecule has 24 heavy (non-hydrogen) atoms. The molecule has 0 spiro atoms. The first-order chi connectivity index (χ1) is 11.6. The van der Waals surface area contributed by atoms with Gasteiger partial charge in [0.25, 0.3) is 0 Å². The van der Waals surface area contributed by atoms with Crippen molar-refractivity contribution < 1.29 is 9.47 Å². The van der Waals surface area contributed by atoms with E-state index >= 15 is 0 Å². The lowest BCUT2D eigenvalue weighted by Crippen LogP contribution is -2.00. The Morgan fingerprint density at radius 1 is 1.12 bits per heavy atom. The number of hydrogen-bond acceptors (Lipinski definition) is 3. The summed E-state index contributed by atoms with van der Waals surface area (Å²) in [5.41, 5.74) is 3.03. The Hall–Kier alpha value is -2.51. The fourth-order valence-electron chi connectivity index (χ4n) is 2.48. The van der Waals surface area contributed by atoms with Gasteiger partial charge in [-0.25, -0.2) is 4.98 Å². The first-order valence-corrected chi connectivity index (χ1v) is 8.24. The highest BCUT2D eigenvalue weighted by Crippen LogP contribution is 2.39. The summed E-state index contributed by atoms with van der Waals surface area (Å²) >= 11 is 3.69. The molecule has 0 atom stereocenters. The van der Waals surface area contributed by atoms with Gasteiger partial charge in [-0.2, -0.15) is 0 Å². The van der Waals surface area contributed by atoms with E-state index in [1.54, 1.807) is 7.11 Å². The van der Waals surface area contributed by atoms with E-state index in [2.05, 4.69) is 40.9 Å². The summed E-state index contributed by atoms with van der Waals surface area (Å²) in [6.45, 7) is 2.22. The van der Waals surface area contributed by atoms with E-state index in [1.807, 2.05) is 30.3 Å². The molecular formula is C20H16BrNO2. The van der Waals surface area contributed by atoms with Crippen molar-refractivity contribution in [2.45, 2.75) is 6.92 Å². The lowest BCUT2D eigenvalue weighted by Gasteiger charge is -2.13. The van der Waals surface area contributed by atoms with Crippen LogP contribution in [0.4, 0.5) is 0 Å². The molecule has 0 saturated carbocycles. The highest BCUT2D eigenvalue weighted by molar-refractivity contribution is 9.10. The Balaban J connectivity index is 2.25. The maximum atomic E-state index is 5.69. The molecule has 0 N–H and O–H groups in total. The van der Waals surface area contributed by atoms with Crippen molar-refractivity contribution in [1.29, 1.82) is 0 Å². The van der Waals surface area contributed by atoms with Gasteiger partial charge in [0.2, 0.25) is 5.88 Å². The fourth-order valence-corrected chi connectivity index (χ4v) is 3.14. The summed E-state index contributed by atoms with van der Waals surface area (Å²) in [7, 11) is 1.63. The number of hydrogen-bond donors (Lipinski definition) is 0. The van der Waals surface area contributed by atoms with E-state index in [-0.39, 0.29) is 6.61 Å². The zero-order valence-corrected chi connectivity index (χ0v) is 15.1. The van der Waals surface area contributed by atoms with Gasteiger partial charge in [-0.05, 0) is 41.1 Å². The van der Waals surface area contributed by atoms with Crippen LogP contribution in [0.3, 0.4) is 0 Å². The molecule has 0 saturated heterocycles. The number of fused-ring (bicyclic) bond motifs is 1. The van der Waals surface area contributed by atoms with Crippen LogP contribution in [0.1, 0.15) is 5.56 Å². The standard InChI is InChI=1S/C20H16BrNO2/c1-4-11-24-20-17-12-15(23-3)9-10-16(17)18(21)19(22-20)14-7-5-13(2)6-8-14/h1,5-10,12H,11H2,2-3H3. The van der Waals surface area contributed by atoms with Gasteiger partial charge in [-0.1, -0.05) is 35.7 Å². The minimum absolute atomic E-state index is 0.161. The average Bonchev–Trinajstić information content (AvgIpc) is 2.61. The van der Waals surface area contributed by atoms with Crippen molar-refractivity contribution >= 4 is 26.7 Å². The highest BCUT2D eigenvalue weighted by Gasteiger charge is 2.15. The quantitative estimate of drug-likeness (QED) is 0.596. The smallest absolute Gasteiger partial charge is 0.223 e. The normalized spacial score (nSPS) is 10.4. The number of ether oxygens (including phenoxy) is 2. The van der Waals surface area contributed by atoms with Gasteiger partial charge in [0, 0.05) is 16.3 Å². The molecule has 3 aromatic rings. The van der Waals surface area contributed by atoms with Crippen LogP contribution < -0.4 is 9.47 Å². The van der Waals surface area contributed by atoms with Gasteiger partial charge in [-0.3, -0.25) is 0 Å². The van der Waals surface area contributed by atoms with Gasteiger partial charge < -0.3 is 9.47 Å². The molecule has 0 aliphatic rings. The predicted octanol–water partition coefficient (Wildman–Crippen LogP) is 4.99. The number of terminal acetylenes is 1. The van der Waals surface area contributed by atoms with Crippen molar-refractivity contribution in [2.24, 2.45) is 0 Å². The summed E-state index contributed by atoms with van der Waals surface area (Å²) in [6, 6.07) is 14.0. The topological polar surface area (TPSA) is 31.4 Å². The molecule has 0 bridgehead atoms. The van der Waals surface area contributed by atoms with Gasteiger partial charge in [-0.15, -0.1) is 6.42 Å². The SMILES string of the molecule is C#CCOc1nc(-c2ccc(C)cc2)c(Br)c2ccc(OC)cc12. The minimum Gasteiger partial charge on any atom is -0.497 e. The Morgan fingerprint density at radius 2 is 1.88 bits per heavy atom. The third kappa shape index (κ3) is 3.08. The fraction of sp³-hybridized carbons (Fsp3) is 0.150. The Kier molecular flexibility index (Phi) is 4.73. The lowest BCUT2D eigenvalue weighted by atomic mass is 10.1. The molecule has 3 nitrogen and oxygen atoms in total. The average molecular weight is 382 g/mol. The summed E-state index contributed by atoms with van der Waals surface area (Å²) in [5, 5.41) is 1.85. The maximum absolute atomic E-state index is 5.69. The molecule has 0 unspecified atom stereocenters. The van der Waals surface area contributed by atoms with Crippen molar-refractivity contribution in [3.8, 4) is 35.2 Å². The van der Waals surface area contributed by atoms with Gasteiger partial charge >= 0.3 is 0 Å². The predicted molar refractivity (Wildman–Crippen MR) is 100 cm³/mol. The molecule has 0 aliphatic heterocycles. The van der Waals surface area contributed by atoms with E-state index in [0.29, 0.717) is 5.88 Å². The number of aromatic nitrogens is 1. The third-order valence-electron chi connectivity index (χ3n) is 3.73. The molecule has 1 heterocycles. The van der Waals surface area contributed by atoms with Crippen LogP contribution in [-0.2, 0) is 0 Å². The van der Waals surface area contributed by atoms with Crippen LogP contribution in [0.5, 0.6) is 11.6 Å². The summed E-state index contributed by atoms with van der Waals surface area (Å²) in [4.78, 5) is 4.69. The molecule has 1 aromatic heterocycles. The van der Waals surface area contributed by atoms with Gasteiger partial charge in [0.1, 0.15) is 5.75 Å². The third-order valence-corrected chi connectivity index (χ3v) is 4.53. The molecule has 3 rings (SSSR count). The van der Waals surface area contributed by atoms with E-state index in [1.165, 1.54) is 5.56 Å². The van der Waals surface area contributed by atoms with Crippen molar-refractivity contribution in [3.63, 3.8) is 0 Å². The molecule has 0 aliphatic carbocycles. The zero-order valence-electron chi connectivity index (χ0n) is 13.5. The number of nitrogens with zero attached hydrogens (tertiary/aromatic N) is 1. The Labute approximate surface area is 149 Å². The number of benzene rings is 2. The van der Waals surface area contributed by atoms with Crippen molar-refractivity contribution in [2.75, 3.05) is 13.7 Å². The second-order valence-corrected chi connectivity index (χ2v) is 6.14. The summed E-state index contributed by atoms with van der Waals surface area (Å²) in [5.74, 6) is 3.73. The number of aryl methyl sites for hydroxylation is 1.